The number of aliphatic hydroxyl groups excluding tert-OH is 5. The Hall–Kier alpha value is -4.19. The Labute approximate surface area is 469 Å². The zero-order chi connectivity index (χ0) is 55.8. The molecule has 1 fully saturated rings. The summed E-state index contributed by atoms with van der Waals surface area (Å²) in [5.41, 5.74) is 0. The summed E-state index contributed by atoms with van der Waals surface area (Å²) in [7, 11) is 0. The van der Waals surface area contributed by atoms with Crippen molar-refractivity contribution in [3.63, 3.8) is 0 Å². The Kier molecular flexibility index (Phi) is 50.7. The number of nitrogens with one attached hydrogen (secondary N) is 1. The van der Waals surface area contributed by atoms with Crippen molar-refractivity contribution in [3.05, 3.63) is 158 Å². The number of carbonyl (C=O) groups excluding carboxylic acids is 1. The van der Waals surface area contributed by atoms with Crippen LogP contribution in [-0.2, 0) is 14.3 Å². The highest BCUT2D eigenvalue weighted by Gasteiger charge is 2.44. The van der Waals surface area contributed by atoms with Gasteiger partial charge in [-0.05, 0) is 109 Å². The van der Waals surface area contributed by atoms with Gasteiger partial charge in [-0.2, -0.15) is 0 Å². The van der Waals surface area contributed by atoms with Gasteiger partial charge in [-0.3, -0.25) is 4.79 Å². The molecule has 0 bridgehead atoms. The normalized spacial score (nSPS) is 19.9. The number of hydrogen-bond acceptors (Lipinski definition) is 8. The van der Waals surface area contributed by atoms with Gasteiger partial charge in [-0.15, -0.1) is 0 Å². The highest BCUT2D eigenvalue weighted by molar-refractivity contribution is 5.76. The lowest BCUT2D eigenvalue weighted by Gasteiger charge is -2.40. The standard InChI is InChI=1S/C68H109NO8/c1-3-5-7-9-11-13-15-17-19-20-21-22-23-24-25-26-27-28-29-30-31-32-33-34-35-36-37-38-39-40-41-42-44-46-48-50-52-54-56-58-64(72)69-61(60-76-68-67(75)66(74)65(73)63(59-70)77-68)62(71)57-55-53-51-49-47-45-43-18-16-14-12-10-8-6-4-2/h5,7,11,13,17,19,21-22,24-25,27-28,30-31,33-34,36-37,39-40,42,44,48,50,55,57,61-63,65-68,70-71,73-75H,3-4,6,8-10,12,14-16,18,20,23,26,29,32,35,38,41,43,45-47,49,51-54,56,58-60H2,1-2H3,(H,69,72)/b7-5-,13-11-,19-17-,22-21-,25-24-,28-27-,31-30-,34-33-,37-36-,40-39-,44-42-,50-48-,57-55+. The van der Waals surface area contributed by atoms with Gasteiger partial charge in [-0.25, -0.2) is 0 Å². The molecular formula is C68H109NO8. The molecule has 0 aromatic carbocycles. The average Bonchev–Trinajstić information content (AvgIpc) is 3.43. The average molecular weight is 1070 g/mol. The number of hydrogen-bond donors (Lipinski definition) is 6. The number of aliphatic hydroxyl groups is 5. The molecule has 9 heteroatoms. The van der Waals surface area contributed by atoms with E-state index in [4.69, 9.17) is 9.47 Å². The lowest BCUT2D eigenvalue weighted by molar-refractivity contribution is -0.302. The summed E-state index contributed by atoms with van der Waals surface area (Å²) >= 11 is 0. The maximum absolute atomic E-state index is 13.0. The van der Waals surface area contributed by atoms with E-state index in [1.165, 1.54) is 70.6 Å². The molecule has 0 saturated carbocycles. The van der Waals surface area contributed by atoms with Crippen LogP contribution in [0.25, 0.3) is 0 Å². The van der Waals surface area contributed by atoms with Crippen molar-refractivity contribution in [3.8, 4) is 0 Å². The molecule has 0 aromatic heterocycles. The molecular weight excluding hydrogens is 959 g/mol. The first kappa shape index (κ1) is 70.8. The number of rotatable bonds is 49. The number of carbonyl (C=O) groups is 1. The van der Waals surface area contributed by atoms with Gasteiger partial charge in [0.1, 0.15) is 24.4 Å². The van der Waals surface area contributed by atoms with Crippen molar-refractivity contribution in [2.24, 2.45) is 0 Å². The van der Waals surface area contributed by atoms with E-state index < -0.39 is 49.5 Å². The summed E-state index contributed by atoms with van der Waals surface area (Å²) in [5, 5.41) is 54.4. The Morgan fingerprint density at radius 1 is 0.455 bits per heavy atom. The quantitative estimate of drug-likeness (QED) is 0.0261. The fraction of sp³-hybridized carbons (Fsp3) is 0.603. The number of ether oxygens (including phenoxy) is 2. The molecule has 7 atom stereocenters. The van der Waals surface area contributed by atoms with Crippen molar-refractivity contribution in [1.82, 2.24) is 5.32 Å². The van der Waals surface area contributed by atoms with E-state index in [1.807, 2.05) is 6.08 Å². The molecule has 434 valence electrons. The van der Waals surface area contributed by atoms with Gasteiger partial charge in [0, 0.05) is 6.42 Å². The smallest absolute Gasteiger partial charge is 0.220 e. The minimum absolute atomic E-state index is 0.216. The minimum atomic E-state index is -1.58. The SMILES string of the molecule is CC/C=C\C/C=C\C/C=C\C/C=C\C/C=C\C/C=C\C/C=C\C/C=C\C/C=C\C/C=C\C/C=C\C/C=C\CCCCC(=O)NC(COC1OC(CO)C(O)C(O)C1O)C(O)/C=C/CCCCCCCCCCCCCCC. The third-order valence-corrected chi connectivity index (χ3v) is 13.1. The molecule has 1 aliphatic rings. The van der Waals surface area contributed by atoms with E-state index in [0.717, 1.165) is 109 Å². The van der Waals surface area contributed by atoms with Crippen LogP contribution in [0.2, 0.25) is 0 Å². The van der Waals surface area contributed by atoms with E-state index >= 15 is 0 Å². The molecule has 1 saturated heterocycles. The second-order valence-electron chi connectivity index (χ2n) is 20.1. The molecule has 1 rings (SSSR count). The second-order valence-corrected chi connectivity index (χ2v) is 20.1. The van der Waals surface area contributed by atoms with Crippen LogP contribution < -0.4 is 5.32 Å². The Morgan fingerprint density at radius 2 is 0.805 bits per heavy atom. The van der Waals surface area contributed by atoms with Crippen molar-refractivity contribution in [2.75, 3.05) is 13.2 Å². The lowest BCUT2D eigenvalue weighted by atomic mass is 9.99. The van der Waals surface area contributed by atoms with Crippen LogP contribution in [0.5, 0.6) is 0 Å². The van der Waals surface area contributed by atoms with E-state index in [2.05, 4.69) is 165 Å². The predicted octanol–water partition coefficient (Wildman–Crippen LogP) is 15.6. The van der Waals surface area contributed by atoms with Crippen molar-refractivity contribution < 1.29 is 39.8 Å². The molecule has 77 heavy (non-hydrogen) atoms. The summed E-state index contributed by atoms with van der Waals surface area (Å²) in [6.07, 6.45) is 80.3. The van der Waals surface area contributed by atoms with Crippen molar-refractivity contribution >= 4 is 5.91 Å². The maximum Gasteiger partial charge on any atom is 0.220 e. The molecule has 9 nitrogen and oxygen atoms in total. The topological polar surface area (TPSA) is 149 Å². The van der Waals surface area contributed by atoms with Gasteiger partial charge < -0.3 is 40.3 Å². The monoisotopic (exact) mass is 1070 g/mol. The van der Waals surface area contributed by atoms with Crippen LogP contribution >= 0.6 is 0 Å². The van der Waals surface area contributed by atoms with Crippen LogP contribution in [-0.4, -0.2) is 87.5 Å². The number of unbranched alkanes of at least 4 members (excludes halogenated alkanes) is 15. The van der Waals surface area contributed by atoms with Crippen molar-refractivity contribution in [1.29, 1.82) is 0 Å². The summed E-state index contributed by atoms with van der Waals surface area (Å²) in [4.78, 5) is 13.0. The van der Waals surface area contributed by atoms with Gasteiger partial charge in [0.15, 0.2) is 6.29 Å². The Morgan fingerprint density at radius 3 is 1.19 bits per heavy atom. The first-order chi connectivity index (χ1) is 37.8. The van der Waals surface area contributed by atoms with Crippen molar-refractivity contribution in [2.45, 2.75) is 249 Å². The highest BCUT2D eigenvalue weighted by atomic mass is 16.7. The molecule has 1 aliphatic heterocycles. The van der Waals surface area contributed by atoms with Crippen LogP contribution in [0, 0.1) is 0 Å². The Bertz CT molecular complexity index is 1760. The third kappa shape index (κ3) is 44.4. The highest BCUT2D eigenvalue weighted by Crippen LogP contribution is 2.23. The zero-order valence-electron chi connectivity index (χ0n) is 48.1. The van der Waals surface area contributed by atoms with Gasteiger partial charge in [-0.1, -0.05) is 249 Å². The molecule has 7 unspecified atom stereocenters. The molecule has 1 heterocycles. The van der Waals surface area contributed by atoms with Gasteiger partial charge in [0.05, 0.1) is 25.4 Å². The Balaban J connectivity index is 2.24. The van der Waals surface area contributed by atoms with Gasteiger partial charge >= 0.3 is 0 Å². The summed E-state index contributed by atoms with van der Waals surface area (Å²) < 4.78 is 11.2. The number of amides is 1. The summed E-state index contributed by atoms with van der Waals surface area (Å²) in [6.45, 7) is 3.62. The third-order valence-electron chi connectivity index (χ3n) is 13.1. The minimum Gasteiger partial charge on any atom is -0.394 e. The lowest BCUT2D eigenvalue weighted by Crippen LogP contribution is -2.60. The van der Waals surface area contributed by atoms with Gasteiger partial charge in [0.25, 0.3) is 0 Å². The van der Waals surface area contributed by atoms with E-state index in [1.54, 1.807) is 6.08 Å². The van der Waals surface area contributed by atoms with E-state index in [9.17, 15) is 30.3 Å². The van der Waals surface area contributed by atoms with Crippen LogP contribution in [0.1, 0.15) is 206 Å². The summed E-state index contributed by atoms with van der Waals surface area (Å²) in [6, 6.07) is -0.840. The van der Waals surface area contributed by atoms with E-state index in [0.29, 0.717) is 6.42 Å². The molecule has 0 spiro atoms. The fourth-order valence-corrected chi connectivity index (χ4v) is 8.37. The largest absolute Gasteiger partial charge is 0.394 e. The van der Waals surface area contributed by atoms with E-state index in [-0.39, 0.29) is 18.9 Å². The molecule has 0 aliphatic carbocycles. The van der Waals surface area contributed by atoms with Gasteiger partial charge in [0.2, 0.25) is 5.91 Å². The summed E-state index contributed by atoms with van der Waals surface area (Å²) in [5.74, 6) is -0.226. The fourth-order valence-electron chi connectivity index (χ4n) is 8.37. The molecule has 6 N–H and O–H groups in total. The molecule has 0 aromatic rings. The predicted molar refractivity (Wildman–Crippen MR) is 326 cm³/mol. The molecule has 0 radical (unpaired) electrons. The zero-order valence-corrected chi connectivity index (χ0v) is 48.1. The first-order valence-corrected chi connectivity index (χ1v) is 30.2. The van der Waals surface area contributed by atoms with Crippen LogP contribution in [0.4, 0.5) is 0 Å². The number of allylic oxidation sites excluding steroid dienone is 25. The molecule has 1 amide bonds. The maximum atomic E-state index is 13.0. The second kappa shape index (κ2) is 55.1. The van der Waals surface area contributed by atoms with Crippen LogP contribution in [0.15, 0.2) is 158 Å². The first-order valence-electron chi connectivity index (χ1n) is 30.2. The van der Waals surface area contributed by atoms with Crippen LogP contribution in [0.3, 0.4) is 0 Å².